The fourth-order valence-electron chi connectivity index (χ4n) is 2.56. The minimum absolute atomic E-state index is 0.0836. The maximum Gasteiger partial charge on any atom is 0.228 e. The third-order valence-corrected chi connectivity index (χ3v) is 3.47. The molecule has 0 aromatic heterocycles. The standard InChI is InChI=1S/C11H20N2O2/c1-2-10-9(4-6-15-10)11(14)13-5-3-8(12)7-13/h8-10H,2-7,12H2,1H3. The second-order valence-electron chi connectivity index (χ2n) is 4.55. The Labute approximate surface area is 90.8 Å². The Morgan fingerprint density at radius 1 is 1.53 bits per heavy atom. The quantitative estimate of drug-likeness (QED) is 0.719. The van der Waals surface area contributed by atoms with Crippen molar-refractivity contribution in [2.45, 2.75) is 38.3 Å². The normalized spacial score (nSPS) is 36.1. The molecule has 0 aliphatic carbocycles. The van der Waals surface area contributed by atoms with Gasteiger partial charge in [0.05, 0.1) is 12.0 Å². The molecule has 0 saturated carbocycles. The lowest BCUT2D eigenvalue weighted by molar-refractivity contribution is -0.136. The van der Waals surface area contributed by atoms with Crippen LogP contribution in [0.1, 0.15) is 26.2 Å². The van der Waals surface area contributed by atoms with Crippen LogP contribution < -0.4 is 5.73 Å². The lowest BCUT2D eigenvalue weighted by Crippen LogP contribution is -2.39. The Morgan fingerprint density at radius 2 is 2.33 bits per heavy atom. The lowest BCUT2D eigenvalue weighted by Gasteiger charge is -2.23. The zero-order chi connectivity index (χ0) is 10.8. The molecule has 1 amide bonds. The Morgan fingerprint density at radius 3 is 2.93 bits per heavy atom. The van der Waals surface area contributed by atoms with Gasteiger partial charge in [0, 0.05) is 25.7 Å². The monoisotopic (exact) mass is 212 g/mol. The Bertz CT molecular complexity index is 245. The van der Waals surface area contributed by atoms with Crippen LogP contribution in [0.5, 0.6) is 0 Å². The molecule has 0 bridgehead atoms. The molecule has 0 aromatic rings. The molecule has 4 heteroatoms. The molecule has 3 unspecified atom stereocenters. The highest BCUT2D eigenvalue weighted by atomic mass is 16.5. The fraction of sp³-hybridized carbons (Fsp3) is 0.909. The van der Waals surface area contributed by atoms with E-state index < -0.39 is 0 Å². The van der Waals surface area contributed by atoms with Gasteiger partial charge in [-0.25, -0.2) is 0 Å². The van der Waals surface area contributed by atoms with E-state index in [1.165, 1.54) is 0 Å². The van der Waals surface area contributed by atoms with Crippen molar-refractivity contribution in [2.24, 2.45) is 11.7 Å². The summed E-state index contributed by atoms with van der Waals surface area (Å²) in [6.45, 7) is 4.36. The van der Waals surface area contributed by atoms with Crippen LogP contribution >= 0.6 is 0 Å². The van der Waals surface area contributed by atoms with Gasteiger partial charge in [0.25, 0.3) is 0 Å². The number of amides is 1. The molecule has 2 aliphatic rings. The summed E-state index contributed by atoms with van der Waals surface area (Å²) < 4.78 is 5.54. The number of carbonyl (C=O) groups is 1. The molecule has 0 aromatic carbocycles. The molecule has 2 heterocycles. The van der Waals surface area contributed by atoms with Gasteiger partial charge in [-0.15, -0.1) is 0 Å². The van der Waals surface area contributed by atoms with Crippen LogP contribution in [-0.4, -0.2) is 42.6 Å². The van der Waals surface area contributed by atoms with Crippen molar-refractivity contribution in [1.29, 1.82) is 0 Å². The average Bonchev–Trinajstić information content (AvgIpc) is 2.84. The molecule has 2 fully saturated rings. The van der Waals surface area contributed by atoms with Gasteiger partial charge in [-0.3, -0.25) is 4.79 Å². The van der Waals surface area contributed by atoms with Gasteiger partial charge < -0.3 is 15.4 Å². The van der Waals surface area contributed by atoms with Crippen molar-refractivity contribution in [1.82, 2.24) is 4.90 Å². The Balaban J connectivity index is 1.95. The average molecular weight is 212 g/mol. The molecule has 0 spiro atoms. The summed E-state index contributed by atoms with van der Waals surface area (Å²) in [4.78, 5) is 14.1. The van der Waals surface area contributed by atoms with Crippen LogP contribution in [0.2, 0.25) is 0 Å². The third-order valence-electron chi connectivity index (χ3n) is 3.47. The van der Waals surface area contributed by atoms with Crippen molar-refractivity contribution < 1.29 is 9.53 Å². The zero-order valence-corrected chi connectivity index (χ0v) is 9.32. The highest BCUT2D eigenvalue weighted by molar-refractivity contribution is 5.80. The van der Waals surface area contributed by atoms with Gasteiger partial charge in [0.15, 0.2) is 0 Å². The highest BCUT2D eigenvalue weighted by Gasteiger charge is 2.37. The van der Waals surface area contributed by atoms with Gasteiger partial charge >= 0.3 is 0 Å². The largest absolute Gasteiger partial charge is 0.377 e. The minimum atomic E-state index is 0.0836. The number of rotatable bonds is 2. The number of carbonyl (C=O) groups excluding carboxylic acids is 1. The van der Waals surface area contributed by atoms with Crippen molar-refractivity contribution >= 4 is 5.91 Å². The van der Waals surface area contributed by atoms with Crippen LogP contribution in [0.3, 0.4) is 0 Å². The molecule has 2 rings (SSSR count). The van der Waals surface area contributed by atoms with E-state index in [2.05, 4.69) is 6.92 Å². The summed E-state index contributed by atoms with van der Waals surface area (Å²) in [7, 11) is 0. The molecule has 2 aliphatic heterocycles. The van der Waals surface area contributed by atoms with E-state index in [1.54, 1.807) is 0 Å². The fourth-order valence-corrected chi connectivity index (χ4v) is 2.56. The van der Waals surface area contributed by atoms with Crippen LogP contribution in [-0.2, 0) is 9.53 Å². The van der Waals surface area contributed by atoms with Gasteiger partial charge in [0.1, 0.15) is 0 Å². The molecule has 2 saturated heterocycles. The number of likely N-dealkylation sites (tertiary alicyclic amines) is 1. The zero-order valence-electron chi connectivity index (χ0n) is 9.32. The number of nitrogens with two attached hydrogens (primary N) is 1. The molecule has 0 radical (unpaired) electrons. The highest BCUT2D eigenvalue weighted by Crippen LogP contribution is 2.26. The van der Waals surface area contributed by atoms with Gasteiger partial charge in [0.2, 0.25) is 5.91 Å². The first-order valence-corrected chi connectivity index (χ1v) is 5.88. The maximum absolute atomic E-state index is 12.2. The van der Waals surface area contributed by atoms with E-state index in [1.807, 2.05) is 4.90 Å². The predicted molar refractivity (Wildman–Crippen MR) is 57.3 cm³/mol. The topological polar surface area (TPSA) is 55.6 Å². The second-order valence-corrected chi connectivity index (χ2v) is 4.55. The number of hydrogen-bond donors (Lipinski definition) is 1. The Hall–Kier alpha value is -0.610. The van der Waals surface area contributed by atoms with E-state index >= 15 is 0 Å². The SMILES string of the molecule is CCC1OCCC1C(=O)N1CCC(N)C1. The van der Waals surface area contributed by atoms with Crippen molar-refractivity contribution in [3.05, 3.63) is 0 Å². The summed E-state index contributed by atoms with van der Waals surface area (Å²) in [5.41, 5.74) is 5.80. The summed E-state index contributed by atoms with van der Waals surface area (Å²) in [6.07, 6.45) is 2.88. The summed E-state index contributed by atoms with van der Waals surface area (Å²) in [6, 6.07) is 0.177. The molecule has 2 N–H and O–H groups in total. The van der Waals surface area contributed by atoms with Gasteiger partial charge in [-0.05, 0) is 19.3 Å². The van der Waals surface area contributed by atoms with Crippen LogP contribution in [0, 0.1) is 5.92 Å². The first-order valence-electron chi connectivity index (χ1n) is 5.88. The van der Waals surface area contributed by atoms with E-state index in [-0.39, 0.29) is 24.0 Å². The number of ether oxygens (including phenoxy) is 1. The van der Waals surface area contributed by atoms with E-state index in [4.69, 9.17) is 10.5 Å². The van der Waals surface area contributed by atoms with E-state index in [0.29, 0.717) is 0 Å². The minimum Gasteiger partial charge on any atom is -0.377 e. The first kappa shape index (κ1) is 10.9. The number of nitrogens with zero attached hydrogens (tertiary/aromatic N) is 1. The van der Waals surface area contributed by atoms with Crippen LogP contribution in [0.4, 0.5) is 0 Å². The lowest BCUT2D eigenvalue weighted by atomic mass is 9.98. The van der Waals surface area contributed by atoms with Crippen LogP contribution in [0.15, 0.2) is 0 Å². The molecule has 15 heavy (non-hydrogen) atoms. The van der Waals surface area contributed by atoms with Gasteiger partial charge in [-0.2, -0.15) is 0 Å². The van der Waals surface area contributed by atoms with E-state index in [9.17, 15) is 4.79 Å². The molecule has 4 nitrogen and oxygen atoms in total. The van der Waals surface area contributed by atoms with E-state index in [0.717, 1.165) is 39.0 Å². The molecular weight excluding hydrogens is 192 g/mol. The van der Waals surface area contributed by atoms with Gasteiger partial charge in [-0.1, -0.05) is 6.92 Å². The molecular formula is C11H20N2O2. The number of hydrogen-bond acceptors (Lipinski definition) is 3. The summed E-state index contributed by atoms with van der Waals surface area (Å²) in [5.74, 6) is 0.340. The summed E-state index contributed by atoms with van der Waals surface area (Å²) in [5, 5.41) is 0. The molecule has 3 atom stereocenters. The predicted octanol–water partition coefficient (Wildman–Crippen LogP) is 0.361. The summed E-state index contributed by atoms with van der Waals surface area (Å²) >= 11 is 0. The first-order chi connectivity index (χ1) is 7.22. The van der Waals surface area contributed by atoms with Crippen molar-refractivity contribution in [3.63, 3.8) is 0 Å². The smallest absolute Gasteiger partial charge is 0.228 e. The Kier molecular flexibility index (Phi) is 3.26. The van der Waals surface area contributed by atoms with Crippen molar-refractivity contribution in [3.8, 4) is 0 Å². The molecule has 86 valence electrons. The van der Waals surface area contributed by atoms with Crippen molar-refractivity contribution in [2.75, 3.05) is 19.7 Å². The second kappa shape index (κ2) is 4.49. The van der Waals surface area contributed by atoms with Crippen LogP contribution in [0.25, 0.3) is 0 Å². The third kappa shape index (κ3) is 2.16. The maximum atomic E-state index is 12.2.